The van der Waals surface area contributed by atoms with Gasteiger partial charge in [-0.1, -0.05) is 29.0 Å². The number of anilines is 4. The quantitative estimate of drug-likeness (QED) is 0.407. The average Bonchev–Trinajstić information content (AvgIpc) is 3.25. The molecule has 3 heterocycles. The smallest absolute Gasteiger partial charge is 0.267 e. The molecule has 174 valence electrons. The molecule has 1 aliphatic heterocycles. The first kappa shape index (κ1) is 23.8. The summed E-state index contributed by atoms with van der Waals surface area (Å²) in [7, 11) is 0. The van der Waals surface area contributed by atoms with Crippen molar-refractivity contribution in [3.63, 3.8) is 0 Å². The minimum Gasteiger partial charge on any atom is -0.395 e. The number of benzene rings is 1. The molecule has 0 radical (unpaired) electrons. The van der Waals surface area contributed by atoms with Crippen LogP contribution in [0.3, 0.4) is 0 Å². The second-order valence-corrected chi connectivity index (χ2v) is 9.71. The zero-order chi connectivity index (χ0) is 23.4. The second kappa shape index (κ2) is 10.7. The van der Waals surface area contributed by atoms with Gasteiger partial charge in [-0.05, 0) is 35.0 Å². The second-order valence-electron chi connectivity index (χ2n) is 7.42. The van der Waals surface area contributed by atoms with Gasteiger partial charge in [0.25, 0.3) is 5.91 Å². The molecular weight excluding hydrogens is 530 g/mol. The fourth-order valence-corrected chi connectivity index (χ4v) is 4.98. The first-order valence-electron chi connectivity index (χ1n) is 10.3. The predicted octanol–water partition coefficient (Wildman–Crippen LogP) is 3.77. The van der Waals surface area contributed by atoms with E-state index in [0.29, 0.717) is 43.4 Å². The number of carbonyl (C=O) groups is 1. The molecule has 0 atom stereocenters. The topological polar surface area (TPSA) is 107 Å². The third kappa shape index (κ3) is 5.98. The van der Waals surface area contributed by atoms with Crippen LogP contribution < -0.4 is 15.5 Å². The monoisotopic (exact) mass is 551 g/mol. The summed E-state index contributed by atoms with van der Waals surface area (Å²) in [6.07, 6.45) is 1.52. The highest BCUT2D eigenvalue weighted by Crippen LogP contribution is 2.31. The van der Waals surface area contributed by atoms with E-state index in [0.717, 1.165) is 32.0 Å². The molecule has 1 aromatic carbocycles. The molecule has 3 aromatic rings. The molecule has 1 aliphatic rings. The van der Waals surface area contributed by atoms with Crippen molar-refractivity contribution in [3.8, 4) is 0 Å². The van der Waals surface area contributed by atoms with Crippen molar-refractivity contribution in [1.82, 2.24) is 19.9 Å². The highest BCUT2D eigenvalue weighted by Gasteiger charge is 2.19. The van der Waals surface area contributed by atoms with Crippen molar-refractivity contribution < 1.29 is 9.90 Å². The van der Waals surface area contributed by atoms with Gasteiger partial charge in [-0.2, -0.15) is 0 Å². The molecule has 33 heavy (non-hydrogen) atoms. The molecule has 4 rings (SSSR count). The molecule has 9 nitrogen and oxygen atoms in total. The van der Waals surface area contributed by atoms with E-state index in [1.807, 2.05) is 19.1 Å². The number of β-amino-alcohol motifs (C(OH)–C–C–N with tert-alkyl or cyclic N) is 1. The molecule has 3 N–H and O–H groups in total. The molecule has 1 saturated heterocycles. The van der Waals surface area contributed by atoms with Crippen molar-refractivity contribution >= 4 is 67.2 Å². The van der Waals surface area contributed by atoms with Gasteiger partial charge in [-0.15, -0.1) is 0 Å². The summed E-state index contributed by atoms with van der Waals surface area (Å²) in [6.45, 7) is 6.11. The number of halogens is 2. The summed E-state index contributed by atoms with van der Waals surface area (Å²) in [4.78, 5) is 30.9. The third-order valence-corrected chi connectivity index (χ3v) is 6.99. The Bertz CT molecular complexity index is 1120. The van der Waals surface area contributed by atoms with Gasteiger partial charge in [-0.25, -0.2) is 15.0 Å². The summed E-state index contributed by atoms with van der Waals surface area (Å²) in [5.41, 5.74) is 0.516. The summed E-state index contributed by atoms with van der Waals surface area (Å²) in [6, 6.07) is 7.20. The van der Waals surface area contributed by atoms with E-state index in [-0.39, 0.29) is 12.5 Å². The zero-order valence-corrected chi connectivity index (χ0v) is 21.0. The number of para-hydroxylation sites is 1. The number of carbonyl (C=O) groups excluding carboxylic acids is 1. The highest BCUT2D eigenvalue weighted by atomic mass is 79.9. The molecule has 0 bridgehead atoms. The number of hydrogen-bond donors (Lipinski definition) is 3. The Hall–Kier alpha value is -2.31. The first-order valence-corrected chi connectivity index (χ1v) is 12.3. The number of hydrogen-bond acceptors (Lipinski definition) is 9. The van der Waals surface area contributed by atoms with Crippen molar-refractivity contribution in [3.05, 3.63) is 50.7 Å². The minimum absolute atomic E-state index is 0.171. The van der Waals surface area contributed by atoms with Crippen molar-refractivity contribution in [2.24, 2.45) is 0 Å². The van der Waals surface area contributed by atoms with Gasteiger partial charge in [0.15, 0.2) is 5.13 Å². The van der Waals surface area contributed by atoms with Gasteiger partial charge in [0, 0.05) is 43.3 Å². The predicted molar refractivity (Wildman–Crippen MR) is 135 cm³/mol. The van der Waals surface area contributed by atoms with Crippen LogP contribution in [0.5, 0.6) is 0 Å². The van der Waals surface area contributed by atoms with Crippen LogP contribution in [-0.2, 0) is 0 Å². The molecule has 12 heteroatoms. The van der Waals surface area contributed by atoms with E-state index < -0.39 is 0 Å². The number of aromatic nitrogens is 3. The molecule has 1 amide bonds. The highest BCUT2D eigenvalue weighted by molar-refractivity contribution is 9.10. The van der Waals surface area contributed by atoms with Gasteiger partial charge in [-0.3, -0.25) is 9.69 Å². The van der Waals surface area contributed by atoms with Crippen molar-refractivity contribution in [2.45, 2.75) is 6.92 Å². The maximum Gasteiger partial charge on any atom is 0.267 e. The van der Waals surface area contributed by atoms with Crippen molar-refractivity contribution in [2.75, 3.05) is 54.9 Å². The Morgan fingerprint density at radius 2 is 2.06 bits per heavy atom. The number of nitrogens with zero attached hydrogens (tertiary/aromatic N) is 5. The molecule has 0 aliphatic carbocycles. The maximum atomic E-state index is 12.7. The molecule has 0 unspecified atom stereocenters. The molecule has 1 fully saturated rings. The largest absolute Gasteiger partial charge is 0.395 e. The van der Waals surface area contributed by atoms with Gasteiger partial charge >= 0.3 is 0 Å². The lowest BCUT2D eigenvalue weighted by atomic mass is 10.3. The van der Waals surface area contributed by atoms with Gasteiger partial charge < -0.3 is 20.6 Å². The van der Waals surface area contributed by atoms with Crippen LogP contribution in [-0.4, -0.2) is 70.2 Å². The van der Waals surface area contributed by atoms with Crippen LogP contribution in [0.15, 0.2) is 34.9 Å². The number of aliphatic hydroxyl groups is 1. The molecule has 0 spiro atoms. The summed E-state index contributed by atoms with van der Waals surface area (Å²) >= 11 is 10.8. The molecule has 0 saturated carbocycles. The van der Waals surface area contributed by atoms with Gasteiger partial charge in [0.1, 0.15) is 22.3 Å². The minimum atomic E-state index is -0.297. The SMILES string of the molecule is Cc1nc(Nc2ncc(C(=O)Nc3c(Cl)cccc3Br)s2)cc(N2CCN(CCO)CC2)n1. The van der Waals surface area contributed by atoms with E-state index in [2.05, 4.69) is 51.3 Å². The number of nitrogens with one attached hydrogen (secondary N) is 2. The number of thiazole rings is 1. The summed E-state index contributed by atoms with van der Waals surface area (Å²) < 4.78 is 0.701. The summed E-state index contributed by atoms with van der Waals surface area (Å²) in [5.74, 6) is 1.80. The van der Waals surface area contributed by atoms with Crippen LogP contribution in [0.4, 0.5) is 22.5 Å². The third-order valence-electron chi connectivity index (χ3n) is 5.10. The Morgan fingerprint density at radius 1 is 1.27 bits per heavy atom. The average molecular weight is 553 g/mol. The Kier molecular flexibility index (Phi) is 7.76. The normalized spacial score (nSPS) is 14.4. The van der Waals surface area contributed by atoms with Gasteiger partial charge in [0.2, 0.25) is 0 Å². The van der Waals surface area contributed by atoms with E-state index in [4.69, 9.17) is 16.7 Å². The number of amides is 1. The van der Waals surface area contributed by atoms with Crippen LogP contribution in [0, 0.1) is 6.92 Å². The maximum absolute atomic E-state index is 12.7. The van der Waals surface area contributed by atoms with E-state index in [1.165, 1.54) is 17.5 Å². The van der Waals surface area contributed by atoms with E-state index >= 15 is 0 Å². The number of rotatable bonds is 7. The first-order chi connectivity index (χ1) is 15.9. The standard InChI is InChI=1S/C21H23BrClN7O2S/c1-13-25-17(11-18(26-13)30-7-5-29(6-8-30)9-10-31)27-21-24-12-16(33-21)20(32)28-19-14(22)3-2-4-15(19)23/h2-4,11-12,31H,5-10H2,1H3,(H,28,32)(H,24,25,26,27). The Morgan fingerprint density at radius 3 is 2.79 bits per heavy atom. The lowest BCUT2D eigenvalue weighted by Crippen LogP contribution is -2.47. The van der Waals surface area contributed by atoms with Crippen molar-refractivity contribution in [1.29, 1.82) is 0 Å². The molecular formula is C21H23BrClN7O2S. The van der Waals surface area contributed by atoms with Crippen LogP contribution in [0.25, 0.3) is 0 Å². The zero-order valence-electron chi connectivity index (χ0n) is 17.9. The van der Waals surface area contributed by atoms with Crippen LogP contribution in [0.2, 0.25) is 5.02 Å². The summed E-state index contributed by atoms with van der Waals surface area (Å²) in [5, 5.41) is 16.1. The Balaban J connectivity index is 1.43. The lowest BCUT2D eigenvalue weighted by Gasteiger charge is -2.35. The van der Waals surface area contributed by atoms with Gasteiger partial charge in [0.05, 0.1) is 23.5 Å². The fraction of sp³-hybridized carbons (Fsp3) is 0.333. The van der Waals surface area contributed by atoms with E-state index in [9.17, 15) is 4.79 Å². The van der Waals surface area contributed by atoms with Crippen LogP contribution >= 0.6 is 38.9 Å². The number of aryl methyl sites for hydroxylation is 1. The Labute approximate surface area is 209 Å². The number of piperazine rings is 1. The molecule has 2 aromatic heterocycles. The van der Waals surface area contributed by atoms with Crippen LogP contribution in [0.1, 0.15) is 15.5 Å². The lowest BCUT2D eigenvalue weighted by molar-refractivity contribution is 0.103. The fourth-order valence-electron chi connectivity index (χ4n) is 3.46. The van der Waals surface area contributed by atoms with E-state index in [1.54, 1.807) is 12.1 Å². The number of aliphatic hydroxyl groups excluding tert-OH is 1.